The molecular formula is C15H19N3O2. The van der Waals surface area contributed by atoms with Crippen LogP contribution in [0.3, 0.4) is 0 Å². The quantitative estimate of drug-likeness (QED) is 0.896. The number of rotatable bonds is 4. The highest BCUT2D eigenvalue weighted by Crippen LogP contribution is 2.26. The summed E-state index contributed by atoms with van der Waals surface area (Å²) in [4.78, 5) is 7.86. The molecule has 2 aromatic rings. The van der Waals surface area contributed by atoms with Crippen molar-refractivity contribution in [3.05, 3.63) is 36.3 Å². The van der Waals surface area contributed by atoms with Gasteiger partial charge in [0.15, 0.2) is 0 Å². The zero-order valence-corrected chi connectivity index (χ0v) is 11.7. The Labute approximate surface area is 118 Å². The number of hydrogen-bond donors (Lipinski definition) is 2. The maximum Gasteiger partial charge on any atom is 0.123 e. The maximum atomic E-state index is 5.36. The van der Waals surface area contributed by atoms with E-state index in [-0.39, 0.29) is 12.1 Å². The number of hydrogen-bond acceptors (Lipinski definition) is 4. The predicted molar refractivity (Wildman–Crippen MR) is 76.7 cm³/mol. The summed E-state index contributed by atoms with van der Waals surface area (Å²) in [6.45, 7) is 0.875. The van der Waals surface area contributed by atoms with Crippen molar-refractivity contribution in [2.75, 3.05) is 20.8 Å². The molecule has 2 N–H and O–H groups in total. The molecule has 5 heteroatoms. The van der Waals surface area contributed by atoms with E-state index in [0.29, 0.717) is 0 Å². The molecule has 1 saturated heterocycles. The summed E-state index contributed by atoms with van der Waals surface area (Å²) < 4.78 is 10.5. The molecule has 3 rings (SSSR count). The van der Waals surface area contributed by atoms with Crippen LogP contribution in [0, 0.1) is 0 Å². The van der Waals surface area contributed by atoms with E-state index in [0.717, 1.165) is 35.8 Å². The van der Waals surface area contributed by atoms with Crippen LogP contribution >= 0.6 is 0 Å². The summed E-state index contributed by atoms with van der Waals surface area (Å²) in [6, 6.07) is 8.19. The lowest BCUT2D eigenvalue weighted by atomic mass is 10.1. The number of ether oxygens (including phenoxy) is 2. The van der Waals surface area contributed by atoms with Gasteiger partial charge in [0.05, 0.1) is 31.1 Å². The zero-order chi connectivity index (χ0) is 13.9. The van der Waals surface area contributed by atoms with Gasteiger partial charge in [-0.3, -0.25) is 0 Å². The molecule has 1 aromatic heterocycles. The molecule has 1 aliphatic heterocycles. The molecule has 1 aromatic carbocycles. The van der Waals surface area contributed by atoms with E-state index in [2.05, 4.69) is 15.3 Å². The highest BCUT2D eigenvalue weighted by atomic mass is 16.5. The van der Waals surface area contributed by atoms with Crippen LogP contribution in [0.4, 0.5) is 0 Å². The van der Waals surface area contributed by atoms with E-state index < -0.39 is 0 Å². The minimum Gasteiger partial charge on any atom is -0.497 e. The van der Waals surface area contributed by atoms with Gasteiger partial charge in [-0.2, -0.15) is 0 Å². The fraction of sp³-hybridized carbons (Fsp3) is 0.400. The number of H-pyrrole nitrogens is 1. The van der Waals surface area contributed by atoms with Crippen molar-refractivity contribution in [2.24, 2.45) is 0 Å². The molecule has 0 spiro atoms. The Balaban J connectivity index is 1.76. The van der Waals surface area contributed by atoms with E-state index >= 15 is 0 Å². The lowest BCUT2D eigenvalue weighted by molar-refractivity contribution is 0.117. The molecule has 2 atom stereocenters. The Hall–Kier alpha value is -1.85. The second-order valence-electron chi connectivity index (χ2n) is 4.96. The molecule has 0 radical (unpaired) electrons. The molecule has 0 saturated carbocycles. The van der Waals surface area contributed by atoms with E-state index in [4.69, 9.17) is 9.47 Å². The van der Waals surface area contributed by atoms with Crippen LogP contribution in [0.15, 0.2) is 30.5 Å². The van der Waals surface area contributed by atoms with Crippen molar-refractivity contribution >= 4 is 0 Å². The van der Waals surface area contributed by atoms with Crippen molar-refractivity contribution in [2.45, 2.75) is 18.6 Å². The molecule has 1 fully saturated rings. The number of imidazole rings is 1. The Morgan fingerprint density at radius 2 is 2.00 bits per heavy atom. The van der Waals surface area contributed by atoms with Crippen LogP contribution < -0.4 is 10.1 Å². The van der Waals surface area contributed by atoms with Gasteiger partial charge in [0, 0.05) is 13.7 Å². The first-order valence-corrected chi connectivity index (χ1v) is 6.75. The van der Waals surface area contributed by atoms with Gasteiger partial charge >= 0.3 is 0 Å². The van der Waals surface area contributed by atoms with E-state index in [1.165, 1.54) is 0 Å². The summed E-state index contributed by atoms with van der Waals surface area (Å²) in [7, 11) is 3.42. The summed E-state index contributed by atoms with van der Waals surface area (Å²) >= 11 is 0. The summed E-state index contributed by atoms with van der Waals surface area (Å²) in [6.07, 6.45) is 3.10. The second kappa shape index (κ2) is 5.64. The van der Waals surface area contributed by atoms with Gasteiger partial charge in [-0.05, 0) is 36.2 Å². The third-order valence-electron chi connectivity index (χ3n) is 3.75. The minimum atomic E-state index is 0.243. The summed E-state index contributed by atoms with van der Waals surface area (Å²) in [5, 5.41) is 3.42. The second-order valence-corrected chi connectivity index (χ2v) is 4.96. The average Bonchev–Trinajstić information content (AvgIpc) is 3.16. The lowest BCUT2D eigenvalue weighted by Gasteiger charge is -2.06. The first kappa shape index (κ1) is 13.1. The van der Waals surface area contributed by atoms with Gasteiger partial charge in [-0.15, -0.1) is 0 Å². The van der Waals surface area contributed by atoms with Crippen molar-refractivity contribution in [3.63, 3.8) is 0 Å². The number of nitrogens with zero attached hydrogens (tertiary/aromatic N) is 1. The molecule has 1 aliphatic rings. The first-order valence-electron chi connectivity index (χ1n) is 6.75. The van der Waals surface area contributed by atoms with Crippen molar-refractivity contribution in [3.8, 4) is 17.0 Å². The minimum absolute atomic E-state index is 0.243. The molecule has 106 valence electrons. The van der Waals surface area contributed by atoms with Gasteiger partial charge in [0.1, 0.15) is 11.6 Å². The number of methoxy groups -OCH3 is 2. The van der Waals surface area contributed by atoms with Crippen LogP contribution in [0.2, 0.25) is 0 Å². The third-order valence-corrected chi connectivity index (χ3v) is 3.75. The van der Waals surface area contributed by atoms with Crippen LogP contribution in [-0.4, -0.2) is 36.8 Å². The SMILES string of the molecule is COc1ccc(-c2cnc(C3CC(OC)CN3)[nH]2)cc1. The fourth-order valence-corrected chi connectivity index (χ4v) is 2.52. The zero-order valence-electron chi connectivity index (χ0n) is 11.7. The highest BCUT2D eigenvalue weighted by Gasteiger charge is 2.27. The maximum absolute atomic E-state index is 5.36. The van der Waals surface area contributed by atoms with Gasteiger partial charge in [-0.25, -0.2) is 4.98 Å². The van der Waals surface area contributed by atoms with E-state index in [1.54, 1.807) is 14.2 Å². The van der Waals surface area contributed by atoms with Gasteiger partial charge in [-0.1, -0.05) is 0 Å². The molecular weight excluding hydrogens is 254 g/mol. The van der Waals surface area contributed by atoms with Crippen molar-refractivity contribution in [1.82, 2.24) is 15.3 Å². The number of nitrogens with one attached hydrogen (secondary N) is 2. The molecule has 2 heterocycles. The standard InChI is InChI=1S/C15H19N3O2/c1-19-11-5-3-10(4-6-11)14-9-17-15(18-14)13-7-12(20-2)8-16-13/h3-6,9,12-13,16H,7-8H2,1-2H3,(H,17,18). The Kier molecular flexibility index (Phi) is 3.71. The van der Waals surface area contributed by atoms with E-state index in [9.17, 15) is 0 Å². The first-order chi connectivity index (χ1) is 9.80. The van der Waals surface area contributed by atoms with Gasteiger partial charge in [0.25, 0.3) is 0 Å². The van der Waals surface area contributed by atoms with Crippen LogP contribution in [-0.2, 0) is 4.74 Å². The van der Waals surface area contributed by atoms with Crippen molar-refractivity contribution < 1.29 is 9.47 Å². The molecule has 2 unspecified atom stereocenters. The van der Waals surface area contributed by atoms with Crippen molar-refractivity contribution in [1.29, 1.82) is 0 Å². The van der Waals surface area contributed by atoms with Crippen LogP contribution in [0.25, 0.3) is 11.3 Å². The number of aromatic amines is 1. The Bertz CT molecular complexity index is 565. The Morgan fingerprint density at radius 3 is 2.65 bits per heavy atom. The van der Waals surface area contributed by atoms with Crippen LogP contribution in [0.5, 0.6) is 5.75 Å². The average molecular weight is 273 g/mol. The van der Waals surface area contributed by atoms with E-state index in [1.807, 2.05) is 30.5 Å². The molecule has 0 bridgehead atoms. The largest absolute Gasteiger partial charge is 0.497 e. The molecule has 5 nitrogen and oxygen atoms in total. The molecule has 20 heavy (non-hydrogen) atoms. The van der Waals surface area contributed by atoms with Gasteiger partial charge in [0.2, 0.25) is 0 Å². The number of aromatic nitrogens is 2. The summed E-state index contributed by atoms with van der Waals surface area (Å²) in [5.41, 5.74) is 2.12. The smallest absolute Gasteiger partial charge is 0.123 e. The third kappa shape index (κ3) is 2.55. The predicted octanol–water partition coefficient (Wildman–Crippen LogP) is 2.13. The normalized spacial score (nSPS) is 22.1. The Morgan fingerprint density at radius 1 is 1.20 bits per heavy atom. The number of benzene rings is 1. The summed E-state index contributed by atoms with van der Waals surface area (Å²) in [5.74, 6) is 1.82. The molecule has 0 aliphatic carbocycles. The van der Waals surface area contributed by atoms with Gasteiger partial charge < -0.3 is 19.8 Å². The monoisotopic (exact) mass is 273 g/mol. The lowest BCUT2D eigenvalue weighted by Crippen LogP contribution is -2.16. The topological polar surface area (TPSA) is 59.2 Å². The molecule has 0 amide bonds. The fourth-order valence-electron chi connectivity index (χ4n) is 2.52. The highest BCUT2D eigenvalue weighted by molar-refractivity contribution is 5.59. The van der Waals surface area contributed by atoms with Crippen LogP contribution in [0.1, 0.15) is 18.3 Å².